The van der Waals surface area contributed by atoms with Crippen molar-refractivity contribution in [3.05, 3.63) is 100 Å². The number of cyclic esters (lactones) is 2. The fourth-order valence-corrected chi connectivity index (χ4v) is 5.96. The van der Waals surface area contributed by atoms with E-state index in [1.165, 1.54) is 0 Å². The van der Waals surface area contributed by atoms with Crippen LogP contribution in [0.25, 0.3) is 0 Å². The van der Waals surface area contributed by atoms with Crippen molar-refractivity contribution < 1.29 is 23.9 Å². The molecule has 34 heavy (non-hydrogen) atoms. The Morgan fingerprint density at radius 3 is 2.06 bits per heavy atom. The summed E-state index contributed by atoms with van der Waals surface area (Å²) in [6, 6.07) is 20.0. The molecule has 6 rings (SSSR count). The fraction of sp³-hybridized carbons (Fsp3) is 0.185. The second-order valence-corrected chi connectivity index (χ2v) is 9.28. The van der Waals surface area contributed by atoms with Crippen LogP contribution >= 0.6 is 11.6 Å². The molecule has 0 saturated carbocycles. The Kier molecular flexibility index (Phi) is 4.35. The van der Waals surface area contributed by atoms with Crippen LogP contribution in [-0.2, 0) is 14.3 Å². The highest BCUT2D eigenvalue weighted by atomic mass is 35.5. The van der Waals surface area contributed by atoms with E-state index >= 15 is 0 Å². The maximum absolute atomic E-state index is 14.1. The molecule has 3 aliphatic rings. The van der Waals surface area contributed by atoms with Gasteiger partial charge in [-0.15, -0.1) is 0 Å². The highest BCUT2D eigenvalue weighted by Gasteiger charge is 2.76. The summed E-state index contributed by atoms with van der Waals surface area (Å²) in [7, 11) is 0. The van der Waals surface area contributed by atoms with Gasteiger partial charge < -0.3 is 9.64 Å². The first-order chi connectivity index (χ1) is 16.4. The molecular formula is C27H18ClNO5. The Labute approximate surface area is 200 Å². The van der Waals surface area contributed by atoms with Gasteiger partial charge in [-0.1, -0.05) is 72.3 Å². The Morgan fingerprint density at radius 1 is 0.824 bits per heavy atom. The number of nitrogens with zero attached hydrogens (tertiary/aromatic N) is 1. The number of rotatable bonds is 2. The predicted molar refractivity (Wildman–Crippen MR) is 124 cm³/mol. The first kappa shape index (κ1) is 20.8. The topological polar surface area (TPSA) is 80.8 Å². The number of ether oxygens (including phenoxy) is 1. The lowest BCUT2D eigenvalue weighted by Crippen LogP contribution is -2.59. The van der Waals surface area contributed by atoms with Crippen LogP contribution in [0.2, 0.25) is 5.02 Å². The standard InChI is InChI=1S/C27H18ClNO5/c1-14-11-12-16(13-19(14)28)29-22(15-7-3-2-4-8-15)20-21(26(33)34-25(20)32)27(29)23(30)17-9-5-6-10-18(17)24(27)31/h2-13,20-22H,1H3/t20-,21+,22-/m0/s1. The second-order valence-electron chi connectivity index (χ2n) is 8.87. The molecule has 6 nitrogen and oxygen atoms in total. The molecule has 1 aliphatic carbocycles. The molecule has 2 fully saturated rings. The number of hydrogen-bond acceptors (Lipinski definition) is 6. The van der Waals surface area contributed by atoms with Gasteiger partial charge in [-0.25, -0.2) is 0 Å². The fourth-order valence-electron chi connectivity index (χ4n) is 5.78. The van der Waals surface area contributed by atoms with E-state index in [0.29, 0.717) is 16.3 Å². The van der Waals surface area contributed by atoms with Crippen molar-refractivity contribution in [1.29, 1.82) is 0 Å². The number of Topliss-reactive ketones (excluding diaryl/α,β-unsaturated/α-hetero) is 2. The summed E-state index contributed by atoms with van der Waals surface area (Å²) in [4.78, 5) is 56.1. The first-order valence-electron chi connectivity index (χ1n) is 10.9. The van der Waals surface area contributed by atoms with Crippen molar-refractivity contribution in [2.75, 3.05) is 4.90 Å². The van der Waals surface area contributed by atoms with Crippen molar-refractivity contribution in [2.45, 2.75) is 18.5 Å². The predicted octanol–water partition coefficient (Wildman–Crippen LogP) is 4.34. The molecule has 0 N–H and O–H groups in total. The minimum Gasteiger partial charge on any atom is -0.393 e. The molecule has 0 radical (unpaired) electrons. The van der Waals surface area contributed by atoms with Gasteiger partial charge in [-0.05, 0) is 30.2 Å². The third-order valence-corrected chi connectivity index (χ3v) is 7.63. The van der Waals surface area contributed by atoms with E-state index in [9.17, 15) is 19.2 Å². The molecule has 3 aromatic rings. The number of anilines is 1. The van der Waals surface area contributed by atoms with Crippen LogP contribution in [0.4, 0.5) is 5.69 Å². The number of halogens is 1. The number of ketones is 2. The summed E-state index contributed by atoms with van der Waals surface area (Å²) in [6.07, 6.45) is 0. The summed E-state index contributed by atoms with van der Waals surface area (Å²) in [5.74, 6) is -4.92. The zero-order valence-electron chi connectivity index (χ0n) is 18.0. The Hall–Kier alpha value is -3.77. The average molecular weight is 472 g/mol. The molecule has 1 spiro atoms. The number of hydrogen-bond donors (Lipinski definition) is 0. The number of benzene rings is 3. The summed E-state index contributed by atoms with van der Waals surface area (Å²) in [6.45, 7) is 1.85. The average Bonchev–Trinajstić information content (AvgIpc) is 3.40. The largest absolute Gasteiger partial charge is 0.393 e. The van der Waals surface area contributed by atoms with Gasteiger partial charge in [0, 0.05) is 21.8 Å². The molecule has 2 heterocycles. The smallest absolute Gasteiger partial charge is 0.320 e. The van der Waals surface area contributed by atoms with Gasteiger partial charge in [-0.2, -0.15) is 0 Å². The lowest BCUT2D eigenvalue weighted by molar-refractivity contribution is -0.154. The van der Waals surface area contributed by atoms with E-state index in [-0.39, 0.29) is 11.1 Å². The van der Waals surface area contributed by atoms with Crippen molar-refractivity contribution in [2.24, 2.45) is 11.8 Å². The Balaban J connectivity index is 1.70. The zero-order valence-corrected chi connectivity index (χ0v) is 18.8. The molecule has 0 unspecified atom stereocenters. The van der Waals surface area contributed by atoms with Crippen LogP contribution in [0.1, 0.15) is 37.9 Å². The van der Waals surface area contributed by atoms with Gasteiger partial charge in [0.05, 0.1) is 12.0 Å². The highest BCUT2D eigenvalue weighted by molar-refractivity contribution is 6.37. The van der Waals surface area contributed by atoms with Crippen molar-refractivity contribution in [3.8, 4) is 0 Å². The monoisotopic (exact) mass is 471 g/mol. The molecule has 2 saturated heterocycles. The van der Waals surface area contributed by atoms with E-state index in [2.05, 4.69) is 0 Å². The van der Waals surface area contributed by atoms with Crippen molar-refractivity contribution in [3.63, 3.8) is 0 Å². The molecule has 0 amide bonds. The molecule has 168 valence electrons. The van der Waals surface area contributed by atoms with Gasteiger partial charge in [0.1, 0.15) is 5.92 Å². The van der Waals surface area contributed by atoms with Gasteiger partial charge in [0.2, 0.25) is 0 Å². The van der Waals surface area contributed by atoms with Crippen LogP contribution in [0.3, 0.4) is 0 Å². The SMILES string of the molecule is Cc1ccc(N2[C@@H](c3ccccc3)[C@H]3C(=O)OC(=O)[C@@H]3C23C(=O)c2ccccc2C3=O)cc1Cl. The van der Waals surface area contributed by atoms with Crippen LogP contribution in [0.15, 0.2) is 72.8 Å². The van der Waals surface area contributed by atoms with E-state index in [1.807, 2.05) is 37.3 Å². The Bertz CT molecular complexity index is 1380. The maximum Gasteiger partial charge on any atom is 0.320 e. The van der Waals surface area contributed by atoms with Gasteiger partial charge in [0.25, 0.3) is 0 Å². The highest BCUT2D eigenvalue weighted by Crippen LogP contribution is 2.60. The zero-order chi connectivity index (χ0) is 23.8. The minimum atomic E-state index is -1.95. The second kappa shape index (κ2) is 7.11. The van der Waals surface area contributed by atoms with Crippen molar-refractivity contribution >= 4 is 40.8 Å². The minimum absolute atomic E-state index is 0.232. The van der Waals surface area contributed by atoms with Crippen LogP contribution < -0.4 is 4.90 Å². The lowest BCUT2D eigenvalue weighted by Gasteiger charge is -2.40. The third-order valence-electron chi connectivity index (χ3n) is 7.22. The van der Waals surface area contributed by atoms with Gasteiger partial charge >= 0.3 is 11.9 Å². The Morgan fingerprint density at radius 2 is 1.44 bits per heavy atom. The molecule has 3 atom stereocenters. The number of esters is 2. The van der Waals surface area contributed by atoms with E-state index in [1.54, 1.807) is 47.4 Å². The van der Waals surface area contributed by atoms with E-state index in [4.69, 9.17) is 16.3 Å². The van der Waals surface area contributed by atoms with E-state index < -0.39 is 46.9 Å². The van der Waals surface area contributed by atoms with E-state index in [0.717, 1.165) is 5.56 Å². The first-order valence-corrected chi connectivity index (χ1v) is 11.3. The summed E-state index contributed by atoms with van der Waals surface area (Å²) >= 11 is 6.47. The quantitative estimate of drug-likeness (QED) is 0.408. The number of carbonyl (C=O) groups excluding carboxylic acids is 4. The van der Waals surface area contributed by atoms with Crippen molar-refractivity contribution in [1.82, 2.24) is 0 Å². The normalized spacial score (nSPS) is 24.5. The molecule has 2 aliphatic heterocycles. The lowest BCUT2D eigenvalue weighted by atomic mass is 9.76. The summed E-state index contributed by atoms with van der Waals surface area (Å²) < 4.78 is 5.05. The molecular weight excluding hydrogens is 454 g/mol. The van der Waals surface area contributed by atoms with Gasteiger partial charge in [0.15, 0.2) is 17.1 Å². The summed E-state index contributed by atoms with van der Waals surface area (Å²) in [5.41, 5.74) is 0.503. The molecule has 3 aromatic carbocycles. The number of aryl methyl sites for hydroxylation is 1. The molecule has 0 bridgehead atoms. The summed E-state index contributed by atoms with van der Waals surface area (Å²) in [5, 5.41) is 0.445. The van der Waals surface area contributed by atoms with Crippen LogP contribution in [0.5, 0.6) is 0 Å². The molecule has 0 aromatic heterocycles. The number of fused-ring (bicyclic) bond motifs is 3. The number of carbonyl (C=O) groups is 4. The van der Waals surface area contributed by atoms with Crippen LogP contribution in [0, 0.1) is 18.8 Å². The molecule has 7 heteroatoms. The maximum atomic E-state index is 14.1. The van der Waals surface area contributed by atoms with Gasteiger partial charge in [-0.3, -0.25) is 19.2 Å². The third kappa shape index (κ3) is 2.46. The van der Waals surface area contributed by atoms with Crippen LogP contribution in [-0.4, -0.2) is 29.0 Å².